The summed E-state index contributed by atoms with van der Waals surface area (Å²) in [5, 5.41) is 3.11. The first-order valence-corrected chi connectivity index (χ1v) is 5.23. The van der Waals surface area contributed by atoms with Crippen LogP contribution in [0.2, 0.25) is 0 Å². The van der Waals surface area contributed by atoms with Crippen molar-refractivity contribution in [2.75, 3.05) is 0 Å². The Morgan fingerprint density at radius 3 is 2.50 bits per heavy atom. The molecule has 0 fully saturated rings. The van der Waals surface area contributed by atoms with Crippen LogP contribution in [0.25, 0.3) is 0 Å². The van der Waals surface area contributed by atoms with Crippen molar-refractivity contribution in [1.29, 1.82) is 0 Å². The van der Waals surface area contributed by atoms with Crippen molar-refractivity contribution in [3.63, 3.8) is 0 Å². The van der Waals surface area contributed by atoms with Gasteiger partial charge in [0.2, 0.25) is 5.91 Å². The number of hydrogen-bond donors (Lipinski definition) is 0. The SMILES string of the molecule is CC(=O)n1ccc(S(=O)(=O)Cl)n1. The summed E-state index contributed by atoms with van der Waals surface area (Å²) < 4.78 is 22.2. The molecule has 0 aliphatic heterocycles. The topological polar surface area (TPSA) is 69.0 Å². The summed E-state index contributed by atoms with van der Waals surface area (Å²) in [4.78, 5) is 10.6. The van der Waals surface area contributed by atoms with Gasteiger partial charge in [-0.15, -0.1) is 0 Å². The highest BCUT2D eigenvalue weighted by atomic mass is 35.7. The first-order valence-electron chi connectivity index (χ1n) is 2.92. The van der Waals surface area contributed by atoms with Gasteiger partial charge in [-0.25, -0.2) is 13.1 Å². The molecule has 0 aliphatic rings. The predicted molar refractivity (Wildman–Crippen MR) is 41.6 cm³/mol. The summed E-state index contributed by atoms with van der Waals surface area (Å²) in [6, 6.07) is 1.16. The summed E-state index contributed by atoms with van der Waals surface area (Å²) in [6.45, 7) is 1.26. The van der Waals surface area contributed by atoms with E-state index in [1.807, 2.05) is 0 Å². The molecule has 0 saturated heterocycles. The zero-order valence-corrected chi connectivity index (χ0v) is 7.63. The van der Waals surface area contributed by atoms with E-state index >= 15 is 0 Å². The lowest BCUT2D eigenvalue weighted by molar-refractivity contribution is 0.0920. The third-order valence-corrected chi connectivity index (χ3v) is 2.33. The molecule has 1 aromatic rings. The molecule has 0 aliphatic carbocycles. The molecule has 0 bridgehead atoms. The molecule has 0 saturated carbocycles. The van der Waals surface area contributed by atoms with E-state index in [0.29, 0.717) is 0 Å². The highest BCUT2D eigenvalue weighted by Crippen LogP contribution is 2.10. The molecule has 0 spiro atoms. The van der Waals surface area contributed by atoms with E-state index in [1.165, 1.54) is 13.1 Å². The quantitative estimate of drug-likeness (QED) is 0.630. The zero-order valence-electron chi connectivity index (χ0n) is 6.06. The van der Waals surface area contributed by atoms with Crippen molar-refractivity contribution in [1.82, 2.24) is 9.78 Å². The molecule has 12 heavy (non-hydrogen) atoms. The van der Waals surface area contributed by atoms with Crippen molar-refractivity contribution in [2.24, 2.45) is 0 Å². The van der Waals surface area contributed by atoms with Crippen molar-refractivity contribution >= 4 is 25.6 Å². The van der Waals surface area contributed by atoms with Gasteiger partial charge in [0.25, 0.3) is 9.05 Å². The molecule has 0 aromatic carbocycles. The molecule has 0 amide bonds. The molecule has 66 valence electrons. The zero-order chi connectivity index (χ0) is 9.35. The first-order chi connectivity index (χ1) is 5.41. The van der Waals surface area contributed by atoms with Gasteiger partial charge < -0.3 is 0 Å². The summed E-state index contributed by atoms with van der Waals surface area (Å²) in [5.74, 6) is -0.374. The monoisotopic (exact) mass is 208 g/mol. The van der Waals surface area contributed by atoms with E-state index < -0.39 is 9.05 Å². The van der Waals surface area contributed by atoms with Gasteiger partial charge in [0, 0.05) is 23.8 Å². The molecule has 1 rings (SSSR count). The summed E-state index contributed by atoms with van der Waals surface area (Å²) in [7, 11) is 1.13. The van der Waals surface area contributed by atoms with Crippen LogP contribution in [-0.4, -0.2) is 24.1 Å². The van der Waals surface area contributed by atoms with Crippen molar-refractivity contribution in [3.8, 4) is 0 Å². The lowest BCUT2D eigenvalue weighted by Crippen LogP contribution is -2.06. The molecule has 0 radical (unpaired) electrons. The van der Waals surface area contributed by atoms with Crippen LogP contribution in [0.1, 0.15) is 11.7 Å². The van der Waals surface area contributed by atoms with Crippen LogP contribution >= 0.6 is 10.7 Å². The molecular formula is C5H5ClN2O3S. The Kier molecular flexibility index (Phi) is 2.20. The average molecular weight is 209 g/mol. The lowest BCUT2D eigenvalue weighted by atomic mass is 10.7. The van der Waals surface area contributed by atoms with E-state index in [1.54, 1.807) is 0 Å². The first kappa shape index (κ1) is 9.21. The highest BCUT2D eigenvalue weighted by molar-refractivity contribution is 8.13. The van der Waals surface area contributed by atoms with Gasteiger partial charge in [-0.05, 0) is 6.07 Å². The van der Waals surface area contributed by atoms with Crippen LogP contribution in [-0.2, 0) is 9.05 Å². The maximum Gasteiger partial charge on any atom is 0.280 e. The molecule has 0 N–H and O–H groups in total. The minimum Gasteiger partial charge on any atom is -0.273 e. The second-order valence-electron chi connectivity index (χ2n) is 2.06. The van der Waals surface area contributed by atoms with Gasteiger partial charge in [-0.3, -0.25) is 4.79 Å². The van der Waals surface area contributed by atoms with Gasteiger partial charge in [0.05, 0.1) is 0 Å². The molecule has 0 atom stereocenters. The molecule has 1 aromatic heterocycles. The Morgan fingerprint density at radius 2 is 2.25 bits per heavy atom. The Hall–Kier alpha value is -0.880. The number of rotatable bonds is 1. The standard InChI is InChI=1S/C5H5ClN2O3S/c1-4(9)8-3-2-5(7-8)12(6,10)11/h2-3H,1H3. The largest absolute Gasteiger partial charge is 0.280 e. The second-order valence-corrected chi connectivity index (χ2v) is 4.57. The van der Waals surface area contributed by atoms with Crippen LogP contribution in [0.15, 0.2) is 17.3 Å². The Labute approximate surface area is 73.4 Å². The van der Waals surface area contributed by atoms with Crippen molar-refractivity contribution in [3.05, 3.63) is 12.3 Å². The second kappa shape index (κ2) is 2.87. The maximum atomic E-state index is 10.6. The van der Waals surface area contributed by atoms with Gasteiger partial charge in [-0.2, -0.15) is 5.10 Å². The minimum atomic E-state index is -3.83. The molecule has 1 heterocycles. The number of halogens is 1. The van der Waals surface area contributed by atoms with E-state index in [9.17, 15) is 13.2 Å². The molecule has 5 nitrogen and oxygen atoms in total. The van der Waals surface area contributed by atoms with Gasteiger partial charge >= 0.3 is 0 Å². The van der Waals surface area contributed by atoms with Crippen LogP contribution in [0.5, 0.6) is 0 Å². The minimum absolute atomic E-state index is 0.320. The van der Waals surface area contributed by atoms with Crippen LogP contribution in [0.4, 0.5) is 0 Å². The van der Waals surface area contributed by atoms with E-state index in [4.69, 9.17) is 10.7 Å². The number of nitrogens with zero attached hydrogens (tertiary/aromatic N) is 2. The third kappa shape index (κ3) is 1.83. The fourth-order valence-corrected chi connectivity index (χ4v) is 1.27. The number of hydrogen-bond acceptors (Lipinski definition) is 4. The van der Waals surface area contributed by atoms with E-state index in [-0.39, 0.29) is 10.9 Å². The van der Waals surface area contributed by atoms with Gasteiger partial charge in [0.15, 0.2) is 5.03 Å². The molecular weight excluding hydrogens is 204 g/mol. The number of carbonyl (C=O) groups is 1. The average Bonchev–Trinajstić information content (AvgIpc) is 2.30. The smallest absolute Gasteiger partial charge is 0.273 e. The van der Waals surface area contributed by atoms with E-state index in [2.05, 4.69) is 5.10 Å². The summed E-state index contributed by atoms with van der Waals surface area (Å²) in [6.07, 6.45) is 1.23. The Bertz CT molecular complexity index is 408. The highest BCUT2D eigenvalue weighted by Gasteiger charge is 2.14. The summed E-state index contributed by atoms with van der Waals surface area (Å²) in [5.41, 5.74) is 0. The maximum absolute atomic E-state index is 10.6. The van der Waals surface area contributed by atoms with Gasteiger partial charge in [0.1, 0.15) is 0 Å². The number of aromatic nitrogens is 2. The Balaban J connectivity index is 3.17. The number of carbonyl (C=O) groups excluding carboxylic acids is 1. The fraction of sp³-hybridized carbons (Fsp3) is 0.200. The van der Waals surface area contributed by atoms with E-state index in [0.717, 1.165) is 10.7 Å². The molecule has 0 unspecified atom stereocenters. The van der Waals surface area contributed by atoms with Crippen molar-refractivity contribution in [2.45, 2.75) is 11.9 Å². The third-order valence-electron chi connectivity index (χ3n) is 1.14. The van der Waals surface area contributed by atoms with Crippen molar-refractivity contribution < 1.29 is 13.2 Å². The molecule has 7 heteroatoms. The predicted octanol–water partition coefficient (Wildman–Crippen LogP) is 0.471. The van der Waals surface area contributed by atoms with Crippen LogP contribution in [0.3, 0.4) is 0 Å². The van der Waals surface area contributed by atoms with Gasteiger partial charge in [-0.1, -0.05) is 0 Å². The lowest BCUT2D eigenvalue weighted by Gasteiger charge is -1.89. The normalized spacial score (nSPS) is 11.5. The Morgan fingerprint density at radius 1 is 1.67 bits per heavy atom. The summed E-state index contributed by atoms with van der Waals surface area (Å²) >= 11 is 0. The fourth-order valence-electron chi connectivity index (χ4n) is 0.613. The van der Waals surface area contributed by atoms with Crippen LogP contribution < -0.4 is 0 Å². The van der Waals surface area contributed by atoms with Crippen LogP contribution in [0, 0.1) is 0 Å².